The van der Waals surface area contributed by atoms with Crippen molar-refractivity contribution in [2.24, 2.45) is 0 Å². The third-order valence-electron chi connectivity index (χ3n) is 6.44. The highest BCUT2D eigenvalue weighted by Crippen LogP contribution is 2.37. The van der Waals surface area contributed by atoms with Crippen molar-refractivity contribution in [3.8, 4) is 17.2 Å². The average molecular weight is 460 g/mol. The van der Waals surface area contributed by atoms with Gasteiger partial charge in [0.05, 0.1) is 6.54 Å². The Morgan fingerprint density at radius 3 is 2.44 bits per heavy atom. The molecule has 1 aromatic heterocycles. The molecule has 3 aromatic rings. The smallest absolute Gasteiger partial charge is 0.325 e. The first-order chi connectivity index (χ1) is 16.3. The molecule has 1 N–H and O–H groups in total. The average Bonchev–Trinajstić information content (AvgIpc) is 3.26. The fourth-order valence-electron chi connectivity index (χ4n) is 4.64. The molecule has 0 bridgehead atoms. The molecule has 3 amide bonds. The zero-order chi connectivity index (χ0) is 24.0. The van der Waals surface area contributed by atoms with E-state index in [1.165, 1.54) is 0 Å². The summed E-state index contributed by atoms with van der Waals surface area (Å²) in [5.41, 5.74) is 2.33. The predicted molar refractivity (Wildman–Crippen MR) is 125 cm³/mol. The highest BCUT2D eigenvalue weighted by atomic mass is 16.6. The number of imide groups is 1. The predicted octanol–water partition coefficient (Wildman–Crippen LogP) is 3.52. The lowest BCUT2D eigenvalue weighted by Gasteiger charge is -2.25. The minimum absolute atomic E-state index is 0.301. The quantitative estimate of drug-likeness (QED) is 0.466. The Hall–Kier alpha value is -4.07. The number of nitrogens with zero attached hydrogens (tertiary/aromatic N) is 2. The number of fused-ring (bicyclic) bond motifs is 1. The van der Waals surface area contributed by atoms with E-state index in [0.29, 0.717) is 35.8 Å². The van der Waals surface area contributed by atoms with Crippen LogP contribution in [0.5, 0.6) is 11.5 Å². The lowest BCUT2D eigenvalue weighted by molar-refractivity contribution is -0.130. The molecule has 1 fully saturated rings. The number of rotatable bonds is 5. The number of ether oxygens (including phenoxy) is 2. The molecule has 34 heavy (non-hydrogen) atoms. The number of aromatic nitrogens is 1. The number of amides is 3. The van der Waals surface area contributed by atoms with Crippen molar-refractivity contribution >= 4 is 17.7 Å². The number of hydrogen-bond donors (Lipinski definition) is 1. The van der Waals surface area contributed by atoms with Crippen molar-refractivity contribution in [1.82, 2.24) is 14.8 Å². The summed E-state index contributed by atoms with van der Waals surface area (Å²) in [6.07, 6.45) is 0. The van der Waals surface area contributed by atoms with Gasteiger partial charge < -0.3 is 19.4 Å². The van der Waals surface area contributed by atoms with Gasteiger partial charge in [0.1, 0.15) is 18.8 Å². The van der Waals surface area contributed by atoms with Gasteiger partial charge in [-0.3, -0.25) is 14.5 Å². The molecule has 3 heterocycles. The highest BCUT2D eigenvalue weighted by molar-refractivity contribution is 6.11. The number of para-hydroxylation sites is 1. The molecule has 1 saturated heterocycles. The fraction of sp³-hybridized carbons (Fsp3) is 0.269. The van der Waals surface area contributed by atoms with Gasteiger partial charge in [-0.25, -0.2) is 4.79 Å². The molecule has 0 unspecified atom stereocenters. The van der Waals surface area contributed by atoms with Crippen LogP contribution in [0.3, 0.4) is 0 Å². The largest absolute Gasteiger partial charge is 0.486 e. The number of urea groups is 1. The Bertz CT molecular complexity index is 1310. The summed E-state index contributed by atoms with van der Waals surface area (Å²) < 4.78 is 13.2. The first kappa shape index (κ1) is 21.8. The van der Waals surface area contributed by atoms with Gasteiger partial charge in [-0.05, 0) is 56.7 Å². The maximum Gasteiger partial charge on any atom is 0.325 e. The Morgan fingerprint density at radius 2 is 1.71 bits per heavy atom. The zero-order valence-corrected chi connectivity index (χ0v) is 19.3. The number of carbonyl (C=O) groups excluding carboxylic acids is 3. The van der Waals surface area contributed by atoms with Gasteiger partial charge in [-0.2, -0.15) is 0 Å². The molecule has 5 rings (SSSR count). The summed E-state index contributed by atoms with van der Waals surface area (Å²) in [5, 5.41) is 2.75. The van der Waals surface area contributed by atoms with Crippen molar-refractivity contribution in [2.45, 2.75) is 26.3 Å². The van der Waals surface area contributed by atoms with E-state index in [-0.39, 0.29) is 12.3 Å². The second kappa shape index (κ2) is 8.06. The molecule has 2 aliphatic rings. The molecule has 0 saturated carbocycles. The number of ketones is 1. The van der Waals surface area contributed by atoms with Crippen molar-refractivity contribution in [2.75, 3.05) is 19.8 Å². The molecular formula is C26H25N3O5. The van der Waals surface area contributed by atoms with E-state index in [9.17, 15) is 14.4 Å². The van der Waals surface area contributed by atoms with E-state index in [0.717, 1.165) is 22.0 Å². The van der Waals surface area contributed by atoms with E-state index in [1.807, 2.05) is 48.7 Å². The second-order valence-electron chi connectivity index (χ2n) is 8.68. The van der Waals surface area contributed by atoms with E-state index in [4.69, 9.17) is 9.47 Å². The van der Waals surface area contributed by atoms with E-state index >= 15 is 0 Å². The maximum absolute atomic E-state index is 13.4. The van der Waals surface area contributed by atoms with E-state index < -0.39 is 17.5 Å². The van der Waals surface area contributed by atoms with Crippen LogP contribution in [0.1, 0.15) is 34.2 Å². The normalized spacial score (nSPS) is 19.3. The maximum atomic E-state index is 13.4. The molecular weight excluding hydrogens is 434 g/mol. The van der Waals surface area contributed by atoms with Crippen molar-refractivity contribution in [1.29, 1.82) is 0 Å². The molecule has 0 radical (unpaired) electrons. The molecule has 2 aliphatic heterocycles. The van der Waals surface area contributed by atoms with Crippen molar-refractivity contribution in [3.63, 3.8) is 0 Å². The fourth-order valence-corrected chi connectivity index (χ4v) is 4.64. The van der Waals surface area contributed by atoms with Crippen LogP contribution < -0.4 is 14.8 Å². The lowest BCUT2D eigenvalue weighted by atomic mass is 9.91. The first-order valence-electron chi connectivity index (χ1n) is 11.1. The SMILES string of the molecule is Cc1cc(C(=O)CN2C(=O)N[C@@](C)(c3ccc4c(c3)OCCO4)C2=O)c(C)n1-c1ccccc1. The number of benzene rings is 2. The van der Waals surface area contributed by atoms with Gasteiger partial charge in [-0.1, -0.05) is 24.3 Å². The summed E-state index contributed by atoms with van der Waals surface area (Å²) in [7, 11) is 0. The minimum atomic E-state index is -1.31. The zero-order valence-electron chi connectivity index (χ0n) is 19.3. The van der Waals surface area contributed by atoms with Crippen LogP contribution in [0, 0.1) is 13.8 Å². The Morgan fingerprint density at radius 1 is 1.00 bits per heavy atom. The van der Waals surface area contributed by atoms with E-state index in [2.05, 4.69) is 5.32 Å². The number of carbonyl (C=O) groups is 3. The van der Waals surface area contributed by atoms with Crippen LogP contribution in [0.2, 0.25) is 0 Å². The molecule has 0 aliphatic carbocycles. The minimum Gasteiger partial charge on any atom is -0.486 e. The Labute approximate surface area is 197 Å². The molecule has 0 spiro atoms. The number of Topliss-reactive ketones (excluding diaryl/α,β-unsaturated/α-hetero) is 1. The second-order valence-corrected chi connectivity index (χ2v) is 8.68. The number of aryl methyl sites for hydroxylation is 1. The summed E-state index contributed by atoms with van der Waals surface area (Å²) in [6.45, 7) is 5.94. The highest BCUT2D eigenvalue weighted by Gasteiger charge is 2.50. The topological polar surface area (TPSA) is 89.9 Å². The lowest BCUT2D eigenvalue weighted by Crippen LogP contribution is -2.41. The molecule has 8 nitrogen and oxygen atoms in total. The van der Waals surface area contributed by atoms with Crippen LogP contribution in [0.25, 0.3) is 5.69 Å². The summed E-state index contributed by atoms with van der Waals surface area (Å²) in [4.78, 5) is 40.4. The molecule has 1 atom stereocenters. The van der Waals surface area contributed by atoms with Crippen LogP contribution in [-0.4, -0.2) is 46.9 Å². The van der Waals surface area contributed by atoms with Gasteiger partial charge in [0.25, 0.3) is 5.91 Å². The summed E-state index contributed by atoms with van der Waals surface area (Å²) in [6, 6.07) is 16.1. The summed E-state index contributed by atoms with van der Waals surface area (Å²) >= 11 is 0. The van der Waals surface area contributed by atoms with Crippen molar-refractivity contribution in [3.05, 3.63) is 77.1 Å². The molecule has 174 valence electrons. The summed E-state index contributed by atoms with van der Waals surface area (Å²) in [5.74, 6) is 0.329. The number of nitrogens with one attached hydrogen (secondary N) is 1. The van der Waals surface area contributed by atoms with E-state index in [1.54, 1.807) is 31.2 Å². The first-order valence-corrected chi connectivity index (χ1v) is 11.1. The van der Waals surface area contributed by atoms with Gasteiger partial charge in [0.15, 0.2) is 17.3 Å². The van der Waals surface area contributed by atoms with Gasteiger partial charge in [-0.15, -0.1) is 0 Å². The Kier molecular flexibility index (Phi) is 5.16. The van der Waals surface area contributed by atoms with Gasteiger partial charge >= 0.3 is 6.03 Å². The number of hydrogen-bond acceptors (Lipinski definition) is 5. The van der Waals surface area contributed by atoms with Gasteiger partial charge in [0, 0.05) is 22.6 Å². The third kappa shape index (κ3) is 3.42. The van der Waals surface area contributed by atoms with Crippen LogP contribution in [0.15, 0.2) is 54.6 Å². The Balaban J connectivity index is 1.40. The van der Waals surface area contributed by atoms with Crippen molar-refractivity contribution < 1.29 is 23.9 Å². The standard InChI is InChI=1S/C26H25N3O5/c1-16-13-20(17(2)29(16)19-7-5-4-6-8-19)21(30)15-28-24(31)26(3,27-25(28)32)18-9-10-22-23(14-18)34-12-11-33-22/h4-10,13-14H,11-12,15H2,1-3H3,(H,27,32)/t26-/m0/s1. The van der Waals surface area contributed by atoms with Crippen LogP contribution >= 0.6 is 0 Å². The van der Waals surface area contributed by atoms with Crippen LogP contribution in [-0.2, 0) is 10.3 Å². The molecule has 2 aromatic carbocycles. The third-order valence-corrected chi connectivity index (χ3v) is 6.44. The van der Waals surface area contributed by atoms with Crippen LogP contribution in [0.4, 0.5) is 4.79 Å². The monoisotopic (exact) mass is 459 g/mol. The molecule has 8 heteroatoms. The van der Waals surface area contributed by atoms with Gasteiger partial charge in [0.2, 0.25) is 0 Å².